The van der Waals surface area contributed by atoms with Gasteiger partial charge in [0.05, 0.1) is 31.8 Å². The van der Waals surface area contributed by atoms with Crippen LogP contribution in [0, 0.1) is 5.92 Å². The van der Waals surface area contributed by atoms with Crippen LogP contribution in [0.25, 0.3) is 0 Å². The molecule has 1 N–H and O–H groups in total. The molecule has 7 nitrogen and oxygen atoms in total. The summed E-state index contributed by atoms with van der Waals surface area (Å²) in [5.74, 6) is 0.835. The second kappa shape index (κ2) is 9.16. The van der Waals surface area contributed by atoms with Crippen molar-refractivity contribution in [1.82, 2.24) is 4.90 Å². The fourth-order valence-electron chi connectivity index (χ4n) is 4.91. The number of quaternary nitrogens is 1. The lowest BCUT2D eigenvalue weighted by Crippen LogP contribution is -3.17. The van der Waals surface area contributed by atoms with E-state index in [1.165, 1.54) is 4.90 Å². The van der Waals surface area contributed by atoms with Crippen LogP contribution >= 0.6 is 0 Å². The van der Waals surface area contributed by atoms with Gasteiger partial charge in [-0.1, -0.05) is 6.92 Å². The number of hydrogen-bond donors (Lipinski definition) is 1. The second-order valence-corrected chi connectivity index (χ2v) is 8.63. The Morgan fingerprint density at radius 3 is 2.40 bits per heavy atom. The Kier molecular flexibility index (Phi) is 6.37. The Bertz CT molecular complexity index is 780. The molecule has 4 rings (SSSR count). The highest BCUT2D eigenvalue weighted by molar-refractivity contribution is 6.21. The SMILES string of the molecule is CCCOc1ccc(N2C(=O)C[C@H]([NH+]3CCC(C(=O)N4CCCC4)CC3)C2=O)cc1. The zero-order valence-corrected chi connectivity index (χ0v) is 17.8. The maximum absolute atomic E-state index is 13.1. The average Bonchev–Trinajstić information content (AvgIpc) is 3.41. The third-order valence-corrected chi connectivity index (χ3v) is 6.60. The number of hydrogen-bond acceptors (Lipinski definition) is 4. The number of carbonyl (C=O) groups excluding carboxylic acids is 3. The number of rotatable bonds is 6. The largest absolute Gasteiger partial charge is 0.494 e. The number of imide groups is 1. The maximum Gasteiger partial charge on any atom is 0.292 e. The number of anilines is 1. The highest BCUT2D eigenvalue weighted by atomic mass is 16.5. The summed E-state index contributed by atoms with van der Waals surface area (Å²) in [5, 5.41) is 0. The number of nitrogens with zero attached hydrogens (tertiary/aromatic N) is 2. The molecule has 3 fully saturated rings. The van der Waals surface area contributed by atoms with E-state index in [1.54, 1.807) is 24.3 Å². The van der Waals surface area contributed by atoms with E-state index < -0.39 is 0 Å². The van der Waals surface area contributed by atoms with Gasteiger partial charge in [0.15, 0.2) is 6.04 Å². The van der Waals surface area contributed by atoms with Crippen molar-refractivity contribution in [3.8, 4) is 5.75 Å². The second-order valence-electron chi connectivity index (χ2n) is 8.63. The molecule has 3 saturated heterocycles. The van der Waals surface area contributed by atoms with Crippen LogP contribution in [0.15, 0.2) is 24.3 Å². The molecule has 0 bridgehead atoms. The van der Waals surface area contributed by atoms with Gasteiger partial charge >= 0.3 is 0 Å². The topological polar surface area (TPSA) is 71.4 Å². The molecule has 1 aromatic rings. The number of amides is 3. The number of piperidine rings is 1. The minimum Gasteiger partial charge on any atom is -0.494 e. The van der Waals surface area contributed by atoms with Crippen molar-refractivity contribution in [1.29, 1.82) is 0 Å². The Morgan fingerprint density at radius 1 is 1.10 bits per heavy atom. The minimum absolute atomic E-state index is 0.0748. The van der Waals surface area contributed by atoms with Crippen LogP contribution in [0.2, 0.25) is 0 Å². The summed E-state index contributed by atoms with van der Waals surface area (Å²) in [6.45, 7) is 6.00. The van der Waals surface area contributed by atoms with Crippen molar-refractivity contribution in [2.24, 2.45) is 5.92 Å². The smallest absolute Gasteiger partial charge is 0.292 e. The number of nitrogens with one attached hydrogen (secondary N) is 1. The molecule has 0 unspecified atom stereocenters. The Labute approximate surface area is 177 Å². The van der Waals surface area contributed by atoms with Gasteiger partial charge in [-0.15, -0.1) is 0 Å². The molecular weight excluding hydrogens is 382 g/mol. The third kappa shape index (κ3) is 4.21. The highest BCUT2D eigenvalue weighted by Crippen LogP contribution is 2.25. The zero-order valence-electron chi connectivity index (χ0n) is 17.8. The van der Waals surface area contributed by atoms with Gasteiger partial charge in [0, 0.05) is 31.8 Å². The van der Waals surface area contributed by atoms with Gasteiger partial charge in [-0.05, 0) is 43.5 Å². The lowest BCUT2D eigenvalue weighted by atomic mass is 9.94. The molecule has 1 aromatic carbocycles. The van der Waals surface area contributed by atoms with Crippen molar-refractivity contribution >= 4 is 23.4 Å². The Balaban J connectivity index is 1.35. The van der Waals surface area contributed by atoms with Gasteiger partial charge < -0.3 is 14.5 Å². The van der Waals surface area contributed by atoms with Crippen molar-refractivity contribution in [3.05, 3.63) is 24.3 Å². The van der Waals surface area contributed by atoms with E-state index in [0.717, 1.165) is 68.9 Å². The van der Waals surface area contributed by atoms with Gasteiger partial charge in [0.2, 0.25) is 11.8 Å². The predicted molar refractivity (Wildman–Crippen MR) is 112 cm³/mol. The van der Waals surface area contributed by atoms with Gasteiger partial charge in [0.25, 0.3) is 5.91 Å². The molecule has 0 radical (unpaired) electrons. The predicted octanol–water partition coefficient (Wildman–Crippen LogP) is 1.02. The van der Waals surface area contributed by atoms with E-state index >= 15 is 0 Å². The van der Waals surface area contributed by atoms with Crippen LogP contribution in [0.1, 0.15) is 45.4 Å². The molecule has 3 aliphatic heterocycles. The summed E-state index contributed by atoms with van der Waals surface area (Å²) in [6.07, 6.45) is 4.98. The molecule has 162 valence electrons. The average molecular weight is 415 g/mol. The molecule has 3 heterocycles. The number of likely N-dealkylation sites (tertiary alicyclic amines) is 2. The molecule has 30 heavy (non-hydrogen) atoms. The Morgan fingerprint density at radius 2 is 1.77 bits per heavy atom. The first-order valence-corrected chi connectivity index (χ1v) is 11.3. The first-order chi connectivity index (χ1) is 14.6. The molecule has 0 aliphatic carbocycles. The molecule has 0 spiro atoms. The van der Waals surface area contributed by atoms with E-state index in [0.29, 0.717) is 12.3 Å². The van der Waals surface area contributed by atoms with Gasteiger partial charge in [-0.3, -0.25) is 14.4 Å². The molecular formula is C23H32N3O4+. The van der Waals surface area contributed by atoms with E-state index in [2.05, 4.69) is 0 Å². The summed E-state index contributed by atoms with van der Waals surface area (Å²) in [6, 6.07) is 6.83. The molecule has 3 amide bonds. The summed E-state index contributed by atoms with van der Waals surface area (Å²) >= 11 is 0. The van der Waals surface area contributed by atoms with Gasteiger partial charge in [0.1, 0.15) is 5.75 Å². The summed E-state index contributed by atoms with van der Waals surface area (Å²) in [7, 11) is 0. The first kappa shape index (κ1) is 20.8. The fourth-order valence-corrected chi connectivity index (χ4v) is 4.91. The van der Waals surface area contributed by atoms with Crippen molar-refractivity contribution < 1.29 is 24.0 Å². The van der Waals surface area contributed by atoms with Crippen LogP contribution in [0.5, 0.6) is 5.75 Å². The highest BCUT2D eigenvalue weighted by Gasteiger charge is 2.47. The maximum atomic E-state index is 13.1. The fraction of sp³-hybridized carbons (Fsp3) is 0.609. The third-order valence-electron chi connectivity index (χ3n) is 6.60. The zero-order chi connectivity index (χ0) is 21.1. The number of carbonyl (C=O) groups is 3. The first-order valence-electron chi connectivity index (χ1n) is 11.3. The van der Waals surface area contributed by atoms with Crippen molar-refractivity contribution in [2.75, 3.05) is 37.7 Å². The quantitative estimate of drug-likeness (QED) is 0.706. The normalized spacial score (nSPS) is 27.0. The van der Waals surface area contributed by atoms with E-state index in [-0.39, 0.29) is 36.1 Å². The lowest BCUT2D eigenvalue weighted by molar-refractivity contribution is -0.920. The van der Waals surface area contributed by atoms with E-state index in [4.69, 9.17) is 4.74 Å². The molecule has 3 aliphatic rings. The van der Waals surface area contributed by atoms with E-state index in [1.807, 2.05) is 11.8 Å². The summed E-state index contributed by atoms with van der Waals surface area (Å²) < 4.78 is 5.59. The Hall–Kier alpha value is -2.41. The number of benzene rings is 1. The standard InChI is InChI=1S/C23H31N3O4/c1-2-15-30-19-7-5-18(6-8-19)26-21(27)16-20(23(26)29)24-13-9-17(10-14-24)22(28)25-11-3-4-12-25/h5-8,17,20H,2-4,9-16H2,1H3/p+1/t20-/m0/s1. The lowest BCUT2D eigenvalue weighted by Gasteiger charge is -2.33. The molecule has 0 saturated carbocycles. The van der Waals surface area contributed by atoms with Crippen LogP contribution in [0.3, 0.4) is 0 Å². The minimum atomic E-state index is -0.337. The van der Waals surface area contributed by atoms with Crippen LogP contribution < -0.4 is 14.5 Å². The van der Waals surface area contributed by atoms with Crippen LogP contribution in [-0.2, 0) is 14.4 Å². The van der Waals surface area contributed by atoms with Crippen molar-refractivity contribution in [3.63, 3.8) is 0 Å². The van der Waals surface area contributed by atoms with Crippen LogP contribution in [0.4, 0.5) is 5.69 Å². The van der Waals surface area contributed by atoms with Crippen molar-refractivity contribution in [2.45, 2.75) is 51.5 Å². The molecule has 7 heteroatoms. The van der Waals surface area contributed by atoms with Crippen LogP contribution in [-0.4, -0.2) is 61.4 Å². The molecule has 0 aromatic heterocycles. The number of ether oxygens (including phenoxy) is 1. The van der Waals surface area contributed by atoms with Gasteiger partial charge in [-0.2, -0.15) is 0 Å². The van der Waals surface area contributed by atoms with E-state index in [9.17, 15) is 14.4 Å². The summed E-state index contributed by atoms with van der Waals surface area (Å²) in [4.78, 5) is 42.8. The monoisotopic (exact) mass is 414 g/mol. The summed E-state index contributed by atoms with van der Waals surface area (Å²) in [5.41, 5.74) is 0.606. The molecule has 1 atom stereocenters. The van der Waals surface area contributed by atoms with Gasteiger partial charge in [-0.25, -0.2) is 4.90 Å².